The van der Waals surface area contributed by atoms with Crippen LogP contribution in [0.2, 0.25) is 0 Å². The fourth-order valence-electron chi connectivity index (χ4n) is 3.67. The first-order valence-corrected chi connectivity index (χ1v) is 12.5. The number of anilines is 1. The van der Waals surface area contributed by atoms with E-state index >= 15 is 0 Å². The number of benzene rings is 1. The van der Waals surface area contributed by atoms with E-state index < -0.39 is 0 Å². The van der Waals surface area contributed by atoms with Gasteiger partial charge in [-0.3, -0.25) is 4.90 Å². The molecule has 0 radical (unpaired) electrons. The topological polar surface area (TPSA) is 47.6 Å². The van der Waals surface area contributed by atoms with Crippen LogP contribution in [0.3, 0.4) is 0 Å². The third-order valence-corrected chi connectivity index (χ3v) is 7.05. The number of nitrogens with one attached hydrogen (secondary N) is 2. The molecule has 0 spiro atoms. The summed E-state index contributed by atoms with van der Waals surface area (Å²) in [5, 5.41) is 10.3. The zero-order valence-corrected chi connectivity index (χ0v) is 19.0. The van der Waals surface area contributed by atoms with Crippen LogP contribution in [-0.4, -0.2) is 55.2 Å². The van der Waals surface area contributed by atoms with Crippen molar-refractivity contribution in [2.45, 2.75) is 26.4 Å². The van der Waals surface area contributed by atoms with E-state index in [1.54, 1.807) is 11.3 Å². The van der Waals surface area contributed by atoms with Gasteiger partial charge in [0.05, 0.1) is 6.04 Å². The van der Waals surface area contributed by atoms with E-state index in [1.165, 1.54) is 22.8 Å². The van der Waals surface area contributed by atoms with Crippen molar-refractivity contribution in [3.05, 3.63) is 52.2 Å². The van der Waals surface area contributed by atoms with E-state index in [9.17, 15) is 4.79 Å². The molecule has 1 aliphatic heterocycles. The summed E-state index contributed by atoms with van der Waals surface area (Å²) in [5.41, 5.74) is 3.66. The average molecular weight is 433 g/mol. The summed E-state index contributed by atoms with van der Waals surface area (Å²) in [4.78, 5) is 17.2. The summed E-state index contributed by atoms with van der Waals surface area (Å²) in [6, 6.07) is 10.8. The number of thioether (sulfide) groups is 1. The summed E-state index contributed by atoms with van der Waals surface area (Å²) in [7, 11) is 0. The second-order valence-electron chi connectivity index (χ2n) is 7.12. The summed E-state index contributed by atoms with van der Waals surface area (Å²) in [6.07, 6.45) is 0. The molecule has 2 amide bonds. The lowest BCUT2D eigenvalue weighted by molar-refractivity contribution is 0.206. The van der Waals surface area contributed by atoms with Crippen LogP contribution in [0.15, 0.2) is 41.1 Å². The lowest BCUT2D eigenvalue weighted by atomic mass is 10.1. The molecule has 1 unspecified atom stereocenters. The van der Waals surface area contributed by atoms with Gasteiger partial charge in [0.2, 0.25) is 0 Å². The number of carbonyl (C=O) groups is 1. The monoisotopic (exact) mass is 432 g/mol. The summed E-state index contributed by atoms with van der Waals surface area (Å²) in [6.45, 7) is 9.62. The number of urea groups is 1. The van der Waals surface area contributed by atoms with Crippen molar-refractivity contribution in [3.63, 3.8) is 0 Å². The highest BCUT2D eigenvalue weighted by molar-refractivity contribution is 7.99. The van der Waals surface area contributed by atoms with Gasteiger partial charge in [-0.15, -0.1) is 0 Å². The van der Waals surface area contributed by atoms with Gasteiger partial charge in [0.25, 0.3) is 0 Å². The molecule has 3 rings (SSSR count). The Balaban J connectivity index is 1.47. The molecule has 5 nitrogen and oxygen atoms in total. The van der Waals surface area contributed by atoms with Crippen LogP contribution in [0.5, 0.6) is 0 Å². The number of likely N-dealkylation sites (N-methyl/N-ethyl adjacent to an activating group) is 1. The Bertz CT molecular complexity index is 726. The molecule has 1 aliphatic rings. The van der Waals surface area contributed by atoms with E-state index in [4.69, 9.17) is 0 Å². The SMILES string of the molecule is CCN(CC)C(CNC(=O)NCc1ccc(N2CCSCC2)cc1)c1ccsc1. The Morgan fingerprint density at radius 2 is 1.83 bits per heavy atom. The van der Waals surface area contributed by atoms with Gasteiger partial charge in [-0.25, -0.2) is 4.79 Å². The quantitative estimate of drug-likeness (QED) is 0.624. The van der Waals surface area contributed by atoms with Gasteiger partial charge in [-0.2, -0.15) is 23.1 Å². The largest absolute Gasteiger partial charge is 0.370 e. The Morgan fingerprint density at radius 1 is 1.10 bits per heavy atom. The second kappa shape index (κ2) is 11.5. The van der Waals surface area contributed by atoms with E-state index in [-0.39, 0.29) is 12.1 Å². The van der Waals surface area contributed by atoms with Crippen molar-refractivity contribution in [1.29, 1.82) is 0 Å². The third kappa shape index (κ3) is 6.39. The minimum absolute atomic E-state index is 0.116. The summed E-state index contributed by atoms with van der Waals surface area (Å²) in [5.74, 6) is 2.40. The summed E-state index contributed by atoms with van der Waals surface area (Å²) >= 11 is 3.72. The zero-order chi connectivity index (χ0) is 20.5. The zero-order valence-electron chi connectivity index (χ0n) is 17.4. The van der Waals surface area contributed by atoms with Crippen molar-refractivity contribution >= 4 is 34.8 Å². The standard InChI is InChI=1S/C22H32N4OS2/c1-3-25(4-2)21(19-9-12-29-17-19)16-24-22(27)23-15-18-5-7-20(8-6-18)26-10-13-28-14-11-26/h5-9,12,17,21H,3-4,10-11,13-16H2,1-2H3,(H2,23,24,27). The van der Waals surface area contributed by atoms with Crippen molar-refractivity contribution in [2.75, 3.05) is 49.1 Å². The van der Waals surface area contributed by atoms with Crippen LogP contribution in [-0.2, 0) is 6.54 Å². The molecule has 29 heavy (non-hydrogen) atoms. The lowest BCUT2D eigenvalue weighted by Gasteiger charge is -2.29. The Hall–Kier alpha value is -1.70. The number of hydrogen-bond acceptors (Lipinski definition) is 5. The maximum atomic E-state index is 12.4. The van der Waals surface area contributed by atoms with E-state index in [1.807, 2.05) is 11.8 Å². The number of thiophene rings is 1. The van der Waals surface area contributed by atoms with Crippen molar-refractivity contribution in [3.8, 4) is 0 Å². The predicted molar refractivity (Wildman–Crippen MR) is 126 cm³/mol. The molecular weight excluding hydrogens is 400 g/mol. The number of hydrogen-bond donors (Lipinski definition) is 2. The van der Waals surface area contributed by atoms with Gasteiger partial charge in [0.1, 0.15) is 0 Å². The van der Waals surface area contributed by atoms with Crippen LogP contribution >= 0.6 is 23.1 Å². The Morgan fingerprint density at radius 3 is 2.45 bits per heavy atom. The van der Waals surface area contributed by atoms with Crippen LogP contribution in [0.4, 0.5) is 10.5 Å². The van der Waals surface area contributed by atoms with Gasteiger partial charge in [-0.1, -0.05) is 26.0 Å². The molecule has 1 saturated heterocycles. The molecule has 2 aromatic rings. The number of nitrogens with zero attached hydrogens (tertiary/aromatic N) is 2. The fourth-order valence-corrected chi connectivity index (χ4v) is 5.28. The molecule has 1 atom stereocenters. The molecular formula is C22H32N4OS2. The van der Waals surface area contributed by atoms with Crippen molar-refractivity contribution in [1.82, 2.24) is 15.5 Å². The number of amides is 2. The third-order valence-electron chi connectivity index (χ3n) is 5.40. The van der Waals surface area contributed by atoms with E-state index in [2.05, 4.69) is 75.4 Å². The van der Waals surface area contributed by atoms with Crippen molar-refractivity contribution < 1.29 is 4.79 Å². The smallest absolute Gasteiger partial charge is 0.315 e. The van der Waals surface area contributed by atoms with Crippen LogP contribution in [0, 0.1) is 0 Å². The molecule has 7 heteroatoms. The highest BCUT2D eigenvalue weighted by Gasteiger charge is 2.19. The first kappa shape index (κ1) is 22.0. The molecule has 0 saturated carbocycles. The molecule has 1 fully saturated rings. The summed E-state index contributed by atoms with van der Waals surface area (Å²) < 4.78 is 0. The Kier molecular flexibility index (Phi) is 8.70. The van der Waals surface area contributed by atoms with Gasteiger partial charge in [-0.05, 0) is 53.2 Å². The molecule has 0 aliphatic carbocycles. The van der Waals surface area contributed by atoms with Crippen LogP contribution < -0.4 is 15.5 Å². The number of carbonyl (C=O) groups excluding carboxylic acids is 1. The first-order valence-electron chi connectivity index (χ1n) is 10.4. The average Bonchev–Trinajstić information content (AvgIpc) is 3.30. The highest BCUT2D eigenvalue weighted by atomic mass is 32.2. The maximum Gasteiger partial charge on any atom is 0.315 e. The lowest BCUT2D eigenvalue weighted by Crippen LogP contribution is -2.41. The second-order valence-corrected chi connectivity index (χ2v) is 9.13. The minimum Gasteiger partial charge on any atom is -0.370 e. The van der Waals surface area contributed by atoms with Gasteiger partial charge < -0.3 is 15.5 Å². The minimum atomic E-state index is -0.116. The normalized spacial score (nSPS) is 15.3. The highest BCUT2D eigenvalue weighted by Crippen LogP contribution is 2.22. The predicted octanol–water partition coefficient (Wildman–Crippen LogP) is 4.18. The molecule has 0 bridgehead atoms. The number of rotatable bonds is 9. The molecule has 2 N–H and O–H groups in total. The molecule has 1 aromatic heterocycles. The first-order chi connectivity index (χ1) is 14.2. The van der Waals surface area contributed by atoms with Gasteiger partial charge in [0, 0.05) is 43.4 Å². The Labute approximate surface area is 182 Å². The van der Waals surface area contributed by atoms with Gasteiger partial charge >= 0.3 is 6.03 Å². The van der Waals surface area contributed by atoms with E-state index in [0.29, 0.717) is 13.1 Å². The van der Waals surface area contributed by atoms with Crippen LogP contribution in [0.1, 0.15) is 31.0 Å². The van der Waals surface area contributed by atoms with Gasteiger partial charge in [0.15, 0.2) is 0 Å². The maximum absolute atomic E-state index is 12.4. The molecule has 2 heterocycles. The van der Waals surface area contributed by atoms with E-state index in [0.717, 1.165) is 31.7 Å². The molecule has 1 aromatic carbocycles. The van der Waals surface area contributed by atoms with Crippen molar-refractivity contribution in [2.24, 2.45) is 0 Å². The fraction of sp³-hybridized carbons (Fsp3) is 0.500. The van der Waals surface area contributed by atoms with Crippen LogP contribution in [0.25, 0.3) is 0 Å². The molecule has 158 valence electrons.